The first-order chi connectivity index (χ1) is 10.8. The second-order valence-corrected chi connectivity index (χ2v) is 5.54. The van der Waals surface area contributed by atoms with Gasteiger partial charge in [-0.3, -0.25) is 4.79 Å². The van der Waals surface area contributed by atoms with Gasteiger partial charge in [-0.1, -0.05) is 24.3 Å². The first kappa shape index (κ1) is 13.0. The van der Waals surface area contributed by atoms with E-state index in [2.05, 4.69) is 34.3 Å². The molecule has 0 radical (unpaired) electrons. The van der Waals surface area contributed by atoms with Crippen molar-refractivity contribution in [3.05, 3.63) is 65.6 Å². The van der Waals surface area contributed by atoms with E-state index < -0.39 is 0 Å². The van der Waals surface area contributed by atoms with E-state index in [1.165, 1.54) is 17.5 Å². The van der Waals surface area contributed by atoms with Gasteiger partial charge in [0.1, 0.15) is 6.33 Å². The second-order valence-electron chi connectivity index (χ2n) is 5.54. The lowest BCUT2D eigenvalue weighted by Crippen LogP contribution is -2.33. The Morgan fingerprint density at radius 3 is 2.50 bits per heavy atom. The fraction of sp³-hybridized carbons (Fsp3) is 0.235. The van der Waals surface area contributed by atoms with Crippen LogP contribution >= 0.6 is 0 Å². The Bertz CT molecular complexity index is 812. The van der Waals surface area contributed by atoms with Crippen LogP contribution in [0.25, 0.3) is 5.65 Å². The molecular formula is C17H16N4O. The summed E-state index contributed by atoms with van der Waals surface area (Å²) in [7, 11) is 0. The monoisotopic (exact) mass is 292 g/mol. The van der Waals surface area contributed by atoms with Gasteiger partial charge in [0.25, 0.3) is 5.91 Å². The van der Waals surface area contributed by atoms with Gasteiger partial charge in [0.2, 0.25) is 0 Å². The highest BCUT2D eigenvalue weighted by molar-refractivity contribution is 5.95. The van der Waals surface area contributed by atoms with E-state index >= 15 is 0 Å². The molecule has 5 heteroatoms. The van der Waals surface area contributed by atoms with Crippen LogP contribution in [-0.2, 0) is 12.8 Å². The summed E-state index contributed by atoms with van der Waals surface area (Å²) in [6, 6.07) is 12.1. The van der Waals surface area contributed by atoms with Gasteiger partial charge in [-0.15, -0.1) is 0 Å². The Balaban J connectivity index is 1.58. The van der Waals surface area contributed by atoms with Gasteiger partial charge in [0.05, 0.1) is 0 Å². The number of pyridine rings is 1. The molecule has 0 aliphatic carbocycles. The zero-order valence-corrected chi connectivity index (χ0v) is 12.1. The molecule has 22 heavy (non-hydrogen) atoms. The van der Waals surface area contributed by atoms with E-state index in [4.69, 9.17) is 0 Å². The molecule has 110 valence electrons. The number of fused-ring (bicyclic) bond motifs is 2. The molecule has 2 aromatic heterocycles. The van der Waals surface area contributed by atoms with Crippen molar-refractivity contribution in [3.8, 4) is 0 Å². The molecule has 0 saturated carbocycles. The third-order valence-electron chi connectivity index (χ3n) is 4.24. The fourth-order valence-electron chi connectivity index (χ4n) is 3.00. The van der Waals surface area contributed by atoms with Crippen LogP contribution in [0.5, 0.6) is 0 Å². The molecule has 0 spiro atoms. The Morgan fingerprint density at radius 2 is 1.77 bits per heavy atom. The Labute approximate surface area is 128 Å². The first-order valence-corrected chi connectivity index (χ1v) is 7.47. The highest BCUT2D eigenvalue weighted by atomic mass is 16.2. The third-order valence-corrected chi connectivity index (χ3v) is 4.24. The van der Waals surface area contributed by atoms with Crippen molar-refractivity contribution in [2.24, 2.45) is 0 Å². The molecule has 0 saturated heterocycles. The lowest BCUT2D eigenvalue weighted by atomic mass is 10.0. The molecule has 5 nitrogen and oxygen atoms in total. The van der Waals surface area contributed by atoms with Crippen molar-refractivity contribution >= 4 is 11.6 Å². The van der Waals surface area contributed by atoms with Crippen LogP contribution in [0.2, 0.25) is 0 Å². The average molecular weight is 292 g/mol. The zero-order valence-electron chi connectivity index (χ0n) is 12.1. The summed E-state index contributed by atoms with van der Waals surface area (Å²) in [6.45, 7) is 1.52. The average Bonchev–Trinajstić information content (AvgIpc) is 2.92. The quantitative estimate of drug-likeness (QED) is 0.689. The van der Waals surface area contributed by atoms with E-state index in [9.17, 15) is 4.79 Å². The van der Waals surface area contributed by atoms with Gasteiger partial charge in [0, 0.05) is 24.8 Å². The van der Waals surface area contributed by atoms with Gasteiger partial charge in [-0.05, 0) is 36.1 Å². The fourth-order valence-corrected chi connectivity index (χ4v) is 3.00. The highest BCUT2D eigenvalue weighted by Gasteiger charge is 2.20. The smallest absolute Gasteiger partial charge is 0.254 e. The summed E-state index contributed by atoms with van der Waals surface area (Å²) < 4.78 is 1.66. The predicted octanol–water partition coefficient (Wildman–Crippen LogP) is 1.97. The number of nitrogens with zero attached hydrogens (tertiary/aromatic N) is 4. The minimum atomic E-state index is 0.0679. The zero-order chi connectivity index (χ0) is 14.9. The Kier molecular flexibility index (Phi) is 3.11. The number of carbonyl (C=O) groups is 1. The summed E-state index contributed by atoms with van der Waals surface area (Å²) in [5.41, 5.74) is 4.08. The SMILES string of the molecule is O=C(c1ccn2ncnc2c1)N1CCc2ccccc2CC1. The maximum Gasteiger partial charge on any atom is 0.254 e. The number of carbonyl (C=O) groups excluding carboxylic acids is 1. The van der Waals surface area contributed by atoms with E-state index in [1.807, 2.05) is 11.0 Å². The number of aromatic nitrogens is 3. The molecule has 1 amide bonds. The Morgan fingerprint density at radius 1 is 1.05 bits per heavy atom. The third kappa shape index (κ3) is 2.24. The highest BCUT2D eigenvalue weighted by Crippen LogP contribution is 2.17. The summed E-state index contributed by atoms with van der Waals surface area (Å²) in [5.74, 6) is 0.0679. The minimum absolute atomic E-state index is 0.0679. The van der Waals surface area contributed by atoms with Gasteiger partial charge >= 0.3 is 0 Å². The lowest BCUT2D eigenvalue weighted by molar-refractivity contribution is 0.0763. The first-order valence-electron chi connectivity index (χ1n) is 7.47. The van der Waals surface area contributed by atoms with Crippen molar-refractivity contribution in [3.63, 3.8) is 0 Å². The van der Waals surface area contributed by atoms with Crippen molar-refractivity contribution < 1.29 is 4.79 Å². The Hall–Kier alpha value is -2.69. The lowest BCUT2D eigenvalue weighted by Gasteiger charge is -2.20. The maximum absolute atomic E-state index is 12.7. The topological polar surface area (TPSA) is 50.5 Å². The molecular weight excluding hydrogens is 276 g/mol. The van der Waals surface area contributed by atoms with Crippen LogP contribution in [0.4, 0.5) is 0 Å². The molecule has 3 aromatic rings. The number of rotatable bonds is 1. The number of hydrogen-bond acceptors (Lipinski definition) is 3. The molecule has 4 rings (SSSR count). The number of hydrogen-bond donors (Lipinski definition) is 0. The molecule has 3 heterocycles. The standard InChI is InChI=1S/C17H16N4O/c22-17(15-7-10-21-16(11-15)18-12-19-21)20-8-5-13-3-1-2-4-14(13)6-9-20/h1-4,7,10-12H,5-6,8-9H2. The van der Waals surface area contributed by atoms with Crippen LogP contribution in [0.3, 0.4) is 0 Å². The molecule has 0 N–H and O–H groups in total. The maximum atomic E-state index is 12.7. The largest absolute Gasteiger partial charge is 0.338 e. The van der Waals surface area contributed by atoms with Crippen LogP contribution in [0.1, 0.15) is 21.5 Å². The summed E-state index contributed by atoms with van der Waals surface area (Å²) >= 11 is 0. The molecule has 0 atom stereocenters. The van der Waals surface area contributed by atoms with Gasteiger partial charge in [0.15, 0.2) is 5.65 Å². The van der Waals surface area contributed by atoms with Crippen LogP contribution in [0.15, 0.2) is 48.9 Å². The molecule has 1 aromatic carbocycles. The molecule has 1 aliphatic heterocycles. The van der Waals surface area contributed by atoms with Crippen molar-refractivity contribution in [2.75, 3.05) is 13.1 Å². The summed E-state index contributed by atoms with van der Waals surface area (Å²) in [4.78, 5) is 18.8. The van der Waals surface area contributed by atoms with Crippen LogP contribution in [-0.4, -0.2) is 38.5 Å². The van der Waals surface area contributed by atoms with Crippen molar-refractivity contribution in [1.29, 1.82) is 0 Å². The minimum Gasteiger partial charge on any atom is -0.338 e. The van der Waals surface area contributed by atoms with Crippen LogP contribution in [0, 0.1) is 0 Å². The summed E-state index contributed by atoms with van der Waals surface area (Å²) in [5, 5.41) is 4.05. The number of amides is 1. The normalized spacial score (nSPS) is 14.6. The van der Waals surface area contributed by atoms with E-state index in [1.54, 1.807) is 16.8 Å². The van der Waals surface area contributed by atoms with Gasteiger partial charge in [-0.2, -0.15) is 5.10 Å². The van der Waals surface area contributed by atoms with Crippen molar-refractivity contribution in [1.82, 2.24) is 19.5 Å². The van der Waals surface area contributed by atoms with E-state index in [-0.39, 0.29) is 5.91 Å². The van der Waals surface area contributed by atoms with E-state index in [0.29, 0.717) is 11.2 Å². The van der Waals surface area contributed by atoms with Gasteiger partial charge in [-0.25, -0.2) is 9.50 Å². The molecule has 0 fully saturated rings. The van der Waals surface area contributed by atoms with Crippen LogP contribution < -0.4 is 0 Å². The van der Waals surface area contributed by atoms with Crippen molar-refractivity contribution in [2.45, 2.75) is 12.8 Å². The molecule has 1 aliphatic rings. The molecule has 0 unspecified atom stereocenters. The number of benzene rings is 1. The predicted molar refractivity (Wildman–Crippen MR) is 82.7 cm³/mol. The molecule has 0 bridgehead atoms. The summed E-state index contributed by atoms with van der Waals surface area (Å²) in [6.07, 6.45) is 5.10. The van der Waals surface area contributed by atoms with Gasteiger partial charge < -0.3 is 4.90 Å². The van der Waals surface area contributed by atoms with E-state index in [0.717, 1.165) is 25.9 Å². The second kappa shape index (κ2) is 5.26.